The number of carbonyl (C=O) groups is 4. The number of nitrogens with one attached hydrogen (secondary N) is 2. The SMILES string of the molecule is CC(C)(C)ONC(Cc1ccccc1)C(=O)C(=O)C1=CN(C(=O)C(=O)C(Cc2ccccc2)NOC(C)(C)C)C[SH]1. The van der Waals surface area contributed by atoms with Crippen molar-refractivity contribution in [3.8, 4) is 0 Å². The molecule has 10 heteroatoms. The molecule has 0 aromatic heterocycles. The second-order valence-corrected chi connectivity index (χ2v) is 12.9. The minimum atomic E-state index is -0.940. The first-order valence-corrected chi connectivity index (χ1v) is 14.6. The molecule has 0 aliphatic carbocycles. The van der Waals surface area contributed by atoms with E-state index < -0.39 is 46.5 Å². The molecule has 0 saturated heterocycles. The van der Waals surface area contributed by atoms with Crippen molar-refractivity contribution in [1.82, 2.24) is 15.9 Å². The highest BCUT2D eigenvalue weighted by atomic mass is 32.2. The average Bonchev–Trinajstić information content (AvgIpc) is 3.42. The third kappa shape index (κ3) is 10.3. The standard InChI is InChI=1S/C31H40N3O6S/c1-30(2,3)39-32-23(17-21-13-9-7-10-14-21)26(35)28(37)25-19-34(20-41-25)29(38)27(36)24(33-40-31(4,5)6)18-22-15-11-8-12-16-22/h7-16,19,23-24,32-33,41H,17-18,20H2,1-6H3. The molecule has 2 N–H and O–H groups in total. The summed E-state index contributed by atoms with van der Waals surface area (Å²) in [6.45, 7) is 11.0. The molecule has 2 aromatic carbocycles. The summed E-state index contributed by atoms with van der Waals surface area (Å²) in [7, 11) is 0. The van der Waals surface area contributed by atoms with Gasteiger partial charge in [-0.15, -0.1) is 0 Å². The van der Waals surface area contributed by atoms with Gasteiger partial charge in [0.2, 0.25) is 17.3 Å². The van der Waals surface area contributed by atoms with Crippen molar-refractivity contribution in [3.63, 3.8) is 0 Å². The van der Waals surface area contributed by atoms with Crippen LogP contribution in [0, 0.1) is 0 Å². The van der Waals surface area contributed by atoms with Gasteiger partial charge < -0.3 is 4.90 Å². The van der Waals surface area contributed by atoms with Gasteiger partial charge in [0.25, 0.3) is 5.91 Å². The number of hydrogen-bond acceptors (Lipinski definition) is 8. The quantitative estimate of drug-likeness (QED) is 0.186. The van der Waals surface area contributed by atoms with Crippen molar-refractivity contribution in [2.24, 2.45) is 0 Å². The molecule has 221 valence electrons. The number of amides is 1. The monoisotopic (exact) mass is 582 g/mol. The first kappa shape index (κ1) is 32.4. The van der Waals surface area contributed by atoms with Crippen LogP contribution in [0.5, 0.6) is 0 Å². The zero-order valence-electron chi connectivity index (χ0n) is 24.5. The van der Waals surface area contributed by atoms with Crippen LogP contribution in [0.4, 0.5) is 0 Å². The molecule has 2 atom stereocenters. The number of rotatable bonds is 13. The third-order valence-electron chi connectivity index (χ3n) is 5.81. The molecule has 1 radical (unpaired) electrons. The number of nitrogens with zero attached hydrogens (tertiary/aromatic N) is 1. The molecule has 1 aliphatic rings. The Hall–Kier alpha value is -3.15. The minimum absolute atomic E-state index is 0.0897. The van der Waals surface area contributed by atoms with E-state index in [1.54, 1.807) is 0 Å². The fraction of sp³-hybridized carbons (Fsp3) is 0.419. The molecule has 0 bridgehead atoms. The number of hydrogen-bond donors (Lipinski definition) is 3. The maximum absolute atomic E-state index is 13.3. The van der Waals surface area contributed by atoms with Crippen LogP contribution in [0.15, 0.2) is 71.8 Å². The molecule has 2 aromatic rings. The van der Waals surface area contributed by atoms with Gasteiger partial charge in [-0.1, -0.05) is 60.7 Å². The van der Waals surface area contributed by atoms with Gasteiger partial charge in [-0.3, -0.25) is 28.9 Å². The topological polar surface area (TPSA) is 114 Å². The molecule has 1 amide bonds. The second-order valence-electron chi connectivity index (χ2n) is 11.8. The minimum Gasteiger partial charge on any atom is -0.302 e. The van der Waals surface area contributed by atoms with E-state index in [4.69, 9.17) is 9.68 Å². The van der Waals surface area contributed by atoms with Crippen LogP contribution in [-0.2, 0) is 41.7 Å². The van der Waals surface area contributed by atoms with E-state index in [-0.39, 0.29) is 23.6 Å². The van der Waals surface area contributed by atoms with Crippen molar-refractivity contribution < 1.29 is 28.9 Å². The molecule has 0 saturated carbocycles. The van der Waals surface area contributed by atoms with E-state index >= 15 is 0 Å². The van der Waals surface area contributed by atoms with Crippen LogP contribution in [0.2, 0.25) is 0 Å². The van der Waals surface area contributed by atoms with Crippen LogP contribution in [0.3, 0.4) is 0 Å². The van der Waals surface area contributed by atoms with Gasteiger partial charge in [-0.2, -0.15) is 22.7 Å². The number of thiol groups is 1. The summed E-state index contributed by atoms with van der Waals surface area (Å²) in [5.41, 5.74) is 6.07. The average molecular weight is 583 g/mol. The largest absolute Gasteiger partial charge is 0.302 e. The molecule has 9 nitrogen and oxygen atoms in total. The fourth-order valence-corrected chi connectivity index (χ4v) is 4.77. The molecule has 41 heavy (non-hydrogen) atoms. The number of benzene rings is 2. The van der Waals surface area contributed by atoms with E-state index in [1.807, 2.05) is 102 Å². The van der Waals surface area contributed by atoms with Crippen molar-refractivity contribution in [2.45, 2.75) is 77.7 Å². The Morgan fingerprint density at radius 1 is 0.756 bits per heavy atom. The highest BCUT2D eigenvalue weighted by Gasteiger charge is 2.36. The summed E-state index contributed by atoms with van der Waals surface area (Å²) >= 11 is 0.455. The van der Waals surface area contributed by atoms with Gasteiger partial charge in [-0.25, -0.2) is 0 Å². The summed E-state index contributed by atoms with van der Waals surface area (Å²) in [5.74, 6) is -2.80. The second kappa shape index (κ2) is 14.2. The van der Waals surface area contributed by atoms with Crippen LogP contribution >= 0.6 is 11.8 Å². The Morgan fingerprint density at radius 3 is 1.63 bits per heavy atom. The smallest absolute Gasteiger partial charge is 0.296 e. The summed E-state index contributed by atoms with van der Waals surface area (Å²) < 4.78 is 0. The number of Topliss-reactive ketones (excluding diaryl/α,β-unsaturated/α-hetero) is 3. The maximum Gasteiger partial charge on any atom is 0.296 e. The van der Waals surface area contributed by atoms with E-state index in [2.05, 4.69) is 11.0 Å². The molecule has 0 fully saturated rings. The van der Waals surface area contributed by atoms with Crippen molar-refractivity contribution >= 4 is 35.0 Å². The van der Waals surface area contributed by atoms with Gasteiger partial charge in [-0.05, 0) is 65.5 Å². The maximum atomic E-state index is 13.3. The highest BCUT2D eigenvalue weighted by Crippen LogP contribution is 2.28. The summed E-state index contributed by atoms with van der Waals surface area (Å²) in [5, 5.41) is 0. The number of allylic oxidation sites excluding steroid dienone is 1. The molecule has 2 unspecified atom stereocenters. The Labute approximate surface area is 245 Å². The fourth-order valence-electron chi connectivity index (χ4n) is 3.78. The Bertz CT molecular complexity index is 1250. The lowest BCUT2D eigenvalue weighted by Crippen LogP contribution is -2.48. The highest BCUT2D eigenvalue weighted by molar-refractivity contribution is 8.04. The normalized spacial score (nSPS) is 15.3. The third-order valence-corrected chi connectivity index (χ3v) is 6.92. The van der Waals surface area contributed by atoms with Crippen LogP contribution in [-0.4, -0.2) is 57.3 Å². The van der Waals surface area contributed by atoms with Gasteiger partial charge in [0, 0.05) is 6.20 Å². The predicted molar refractivity (Wildman–Crippen MR) is 160 cm³/mol. The van der Waals surface area contributed by atoms with E-state index in [0.29, 0.717) is 11.8 Å². The molecule has 0 spiro atoms. The zero-order valence-corrected chi connectivity index (χ0v) is 25.4. The van der Waals surface area contributed by atoms with Crippen LogP contribution in [0.25, 0.3) is 0 Å². The summed E-state index contributed by atoms with van der Waals surface area (Å²) in [6, 6.07) is 16.8. The lowest BCUT2D eigenvalue weighted by atomic mass is 10.0. The van der Waals surface area contributed by atoms with Gasteiger partial charge in [0.15, 0.2) is 0 Å². The van der Waals surface area contributed by atoms with Crippen molar-refractivity contribution in [3.05, 3.63) is 82.9 Å². The zero-order chi connectivity index (χ0) is 30.2. The van der Waals surface area contributed by atoms with Crippen molar-refractivity contribution in [2.75, 3.05) is 5.88 Å². The van der Waals surface area contributed by atoms with E-state index in [1.165, 1.54) is 11.1 Å². The summed E-state index contributed by atoms with van der Waals surface area (Å²) in [4.78, 5) is 65.7. The lowest BCUT2D eigenvalue weighted by Gasteiger charge is -2.25. The van der Waals surface area contributed by atoms with Gasteiger partial charge in [0.1, 0.15) is 12.1 Å². The molecule has 3 rings (SSSR count). The first-order chi connectivity index (χ1) is 19.2. The lowest BCUT2D eigenvalue weighted by molar-refractivity contribution is -0.149. The Morgan fingerprint density at radius 2 is 1.20 bits per heavy atom. The predicted octanol–water partition coefficient (Wildman–Crippen LogP) is 3.66. The number of hydroxylamine groups is 2. The van der Waals surface area contributed by atoms with Crippen LogP contribution in [0.1, 0.15) is 52.7 Å². The molecular weight excluding hydrogens is 542 g/mol. The Balaban J connectivity index is 1.74. The molecular formula is C31H40N3O6S. The van der Waals surface area contributed by atoms with Gasteiger partial charge >= 0.3 is 0 Å². The molecule has 1 aliphatic heterocycles. The van der Waals surface area contributed by atoms with Gasteiger partial charge in [0.05, 0.1) is 22.0 Å². The number of ketones is 3. The van der Waals surface area contributed by atoms with E-state index in [9.17, 15) is 19.2 Å². The van der Waals surface area contributed by atoms with Crippen molar-refractivity contribution in [1.29, 1.82) is 0 Å². The van der Waals surface area contributed by atoms with Crippen LogP contribution < -0.4 is 11.0 Å². The summed E-state index contributed by atoms with van der Waals surface area (Å²) in [6.07, 6.45) is 1.78. The first-order valence-electron chi connectivity index (χ1n) is 13.5. The number of carbonyl (C=O) groups excluding carboxylic acids is 4. The van der Waals surface area contributed by atoms with E-state index in [0.717, 1.165) is 11.1 Å². The Kier molecular flexibility index (Phi) is 11.2. The molecule has 1 heterocycles.